The molecule has 0 aromatic heterocycles. The first kappa shape index (κ1) is 23.5. The van der Waals surface area contributed by atoms with Crippen LogP contribution in [-0.2, 0) is 21.4 Å². The van der Waals surface area contributed by atoms with Crippen molar-refractivity contribution >= 4 is 15.9 Å². The maximum atomic E-state index is 13.0. The Labute approximate surface area is 177 Å². The van der Waals surface area contributed by atoms with Gasteiger partial charge in [0.15, 0.2) is 0 Å². The molecule has 2 aromatic carbocycles. The first-order valence-electron chi connectivity index (χ1n) is 9.39. The van der Waals surface area contributed by atoms with E-state index in [1.54, 1.807) is 38.1 Å². The number of hydrogen-bond donors (Lipinski definition) is 1. The van der Waals surface area contributed by atoms with Gasteiger partial charge in [-0.3, -0.25) is 4.79 Å². The van der Waals surface area contributed by atoms with E-state index in [2.05, 4.69) is 5.32 Å². The average Bonchev–Trinajstić information content (AvgIpc) is 2.75. The summed E-state index contributed by atoms with van der Waals surface area (Å²) >= 11 is 0. The molecule has 2 rings (SSSR count). The second-order valence-corrected chi connectivity index (χ2v) is 8.42. The summed E-state index contributed by atoms with van der Waals surface area (Å²) in [4.78, 5) is 12.6. The highest BCUT2D eigenvalue weighted by molar-refractivity contribution is 7.89. The van der Waals surface area contributed by atoms with Gasteiger partial charge in [-0.15, -0.1) is 0 Å². The summed E-state index contributed by atoms with van der Waals surface area (Å²) in [6, 6.07) is 9.92. The number of nitrogens with one attached hydrogen (secondary N) is 1. The first-order chi connectivity index (χ1) is 14.3. The topological polar surface area (TPSA) is 94.2 Å². The van der Waals surface area contributed by atoms with Gasteiger partial charge in [0.2, 0.25) is 15.9 Å². The molecule has 30 heavy (non-hydrogen) atoms. The van der Waals surface area contributed by atoms with Crippen LogP contribution < -0.4 is 19.5 Å². The van der Waals surface area contributed by atoms with Crippen LogP contribution in [0.5, 0.6) is 17.2 Å². The van der Waals surface area contributed by atoms with Crippen molar-refractivity contribution in [1.29, 1.82) is 0 Å². The van der Waals surface area contributed by atoms with E-state index in [4.69, 9.17) is 14.2 Å². The molecule has 0 bridgehead atoms. The van der Waals surface area contributed by atoms with Crippen LogP contribution in [0.2, 0.25) is 0 Å². The van der Waals surface area contributed by atoms with Gasteiger partial charge in [0.25, 0.3) is 0 Å². The molecule has 0 spiro atoms. The number of benzene rings is 2. The number of rotatable bonds is 10. The average molecular weight is 437 g/mol. The van der Waals surface area contributed by atoms with Crippen LogP contribution in [0.25, 0.3) is 0 Å². The summed E-state index contributed by atoms with van der Waals surface area (Å²) in [5.74, 6) is 1.31. The van der Waals surface area contributed by atoms with Crippen LogP contribution in [0.1, 0.15) is 18.1 Å². The summed E-state index contributed by atoms with van der Waals surface area (Å²) in [5, 5.41) is 2.74. The van der Waals surface area contributed by atoms with E-state index >= 15 is 0 Å². The van der Waals surface area contributed by atoms with Crippen molar-refractivity contribution in [3.8, 4) is 17.2 Å². The Kier molecular flexibility index (Phi) is 8.08. The van der Waals surface area contributed by atoms with E-state index in [9.17, 15) is 13.2 Å². The molecule has 0 heterocycles. The summed E-state index contributed by atoms with van der Waals surface area (Å²) in [5.41, 5.74) is 1.37. The van der Waals surface area contributed by atoms with Gasteiger partial charge in [-0.25, -0.2) is 8.42 Å². The van der Waals surface area contributed by atoms with Gasteiger partial charge in [-0.05, 0) is 42.8 Å². The van der Waals surface area contributed by atoms with Gasteiger partial charge < -0.3 is 19.5 Å². The quantitative estimate of drug-likeness (QED) is 0.614. The lowest BCUT2D eigenvalue weighted by Gasteiger charge is -2.21. The number of sulfonamides is 1. The third kappa shape index (κ3) is 5.22. The highest BCUT2D eigenvalue weighted by Crippen LogP contribution is 2.28. The molecule has 0 saturated carbocycles. The number of aryl methyl sites for hydroxylation is 1. The molecule has 0 unspecified atom stereocenters. The summed E-state index contributed by atoms with van der Waals surface area (Å²) < 4.78 is 42.9. The summed E-state index contributed by atoms with van der Waals surface area (Å²) in [6.45, 7) is 3.44. The molecule has 1 amide bonds. The molecule has 0 aliphatic rings. The zero-order chi connectivity index (χ0) is 22.3. The lowest BCUT2D eigenvalue weighted by Crippen LogP contribution is -2.40. The minimum absolute atomic E-state index is 0.113. The third-order valence-corrected chi connectivity index (χ3v) is 6.59. The molecule has 2 aromatic rings. The Morgan fingerprint density at radius 1 is 1.00 bits per heavy atom. The molecule has 0 atom stereocenters. The van der Waals surface area contributed by atoms with Gasteiger partial charge in [0.05, 0.1) is 44.9 Å². The maximum Gasteiger partial charge on any atom is 0.243 e. The van der Waals surface area contributed by atoms with Crippen molar-refractivity contribution in [3.63, 3.8) is 0 Å². The van der Waals surface area contributed by atoms with Crippen LogP contribution in [-0.4, -0.2) is 53.0 Å². The highest BCUT2D eigenvalue weighted by atomic mass is 32.2. The van der Waals surface area contributed by atoms with Gasteiger partial charge in [0.1, 0.15) is 17.2 Å². The SMILES string of the molecule is CCN(CC(=O)NCc1c(OC)cccc1OC)S(=O)(=O)c1ccc(OC)c(C)c1. The van der Waals surface area contributed by atoms with Crippen molar-refractivity contribution in [2.45, 2.75) is 25.3 Å². The van der Waals surface area contributed by atoms with E-state index in [1.807, 2.05) is 0 Å². The molecule has 0 aliphatic carbocycles. The maximum absolute atomic E-state index is 13.0. The molecule has 0 radical (unpaired) electrons. The van der Waals surface area contributed by atoms with Gasteiger partial charge >= 0.3 is 0 Å². The summed E-state index contributed by atoms with van der Waals surface area (Å²) in [6.07, 6.45) is 0. The van der Waals surface area contributed by atoms with Gasteiger partial charge in [0, 0.05) is 6.54 Å². The molecule has 0 aliphatic heterocycles. The van der Waals surface area contributed by atoms with Gasteiger partial charge in [-0.1, -0.05) is 13.0 Å². The third-order valence-electron chi connectivity index (χ3n) is 4.67. The molecular formula is C21H28N2O6S. The molecule has 164 valence electrons. The number of carbonyl (C=O) groups excluding carboxylic acids is 1. The molecule has 9 heteroatoms. The number of nitrogens with zero attached hydrogens (tertiary/aromatic N) is 1. The fourth-order valence-corrected chi connectivity index (χ4v) is 4.52. The first-order valence-corrected chi connectivity index (χ1v) is 10.8. The Morgan fingerprint density at radius 3 is 2.10 bits per heavy atom. The molecule has 0 saturated heterocycles. The predicted molar refractivity (Wildman–Crippen MR) is 114 cm³/mol. The molecule has 1 N–H and O–H groups in total. The second-order valence-electron chi connectivity index (χ2n) is 6.48. The fraction of sp³-hybridized carbons (Fsp3) is 0.381. The van der Waals surface area contributed by atoms with Crippen molar-refractivity contribution < 1.29 is 27.4 Å². The Bertz CT molecular complexity index is 969. The smallest absolute Gasteiger partial charge is 0.243 e. The number of methoxy groups -OCH3 is 3. The number of ether oxygens (including phenoxy) is 3. The standard InChI is InChI=1S/C21H28N2O6S/c1-6-23(30(25,26)16-10-11-18(27-3)15(2)12-16)14-21(24)22-13-17-19(28-4)8-7-9-20(17)29-5/h7-12H,6,13-14H2,1-5H3,(H,22,24). The summed E-state index contributed by atoms with van der Waals surface area (Å²) in [7, 11) is 0.749. The van der Waals surface area contributed by atoms with Gasteiger partial charge in [-0.2, -0.15) is 4.31 Å². The van der Waals surface area contributed by atoms with Crippen LogP contribution in [0, 0.1) is 6.92 Å². The Balaban J connectivity index is 2.14. The van der Waals surface area contributed by atoms with E-state index in [1.165, 1.54) is 33.5 Å². The Hall–Kier alpha value is -2.78. The number of carbonyl (C=O) groups is 1. The van der Waals surface area contributed by atoms with Crippen molar-refractivity contribution in [2.75, 3.05) is 34.4 Å². The normalized spacial score (nSPS) is 11.3. The van der Waals surface area contributed by atoms with Crippen molar-refractivity contribution in [2.24, 2.45) is 0 Å². The number of amides is 1. The van der Waals surface area contributed by atoms with E-state index in [0.717, 1.165) is 4.31 Å². The lowest BCUT2D eigenvalue weighted by atomic mass is 10.1. The molecule has 0 fully saturated rings. The van der Waals surface area contributed by atoms with Crippen LogP contribution >= 0.6 is 0 Å². The van der Waals surface area contributed by atoms with Crippen molar-refractivity contribution in [3.05, 3.63) is 47.5 Å². The van der Waals surface area contributed by atoms with E-state index in [0.29, 0.717) is 28.4 Å². The van der Waals surface area contributed by atoms with E-state index in [-0.39, 0.29) is 24.5 Å². The Morgan fingerprint density at radius 2 is 1.60 bits per heavy atom. The number of hydrogen-bond acceptors (Lipinski definition) is 6. The minimum atomic E-state index is -3.83. The second kappa shape index (κ2) is 10.3. The van der Waals surface area contributed by atoms with Crippen LogP contribution in [0.4, 0.5) is 0 Å². The largest absolute Gasteiger partial charge is 0.496 e. The van der Waals surface area contributed by atoms with Crippen LogP contribution in [0.3, 0.4) is 0 Å². The molecular weight excluding hydrogens is 408 g/mol. The van der Waals surface area contributed by atoms with Crippen molar-refractivity contribution in [1.82, 2.24) is 9.62 Å². The number of likely N-dealkylation sites (N-methyl/N-ethyl adjacent to an activating group) is 1. The van der Waals surface area contributed by atoms with E-state index < -0.39 is 15.9 Å². The predicted octanol–water partition coefficient (Wildman–Crippen LogP) is 2.35. The molecule has 8 nitrogen and oxygen atoms in total. The zero-order valence-electron chi connectivity index (χ0n) is 17.9. The highest BCUT2D eigenvalue weighted by Gasteiger charge is 2.26. The van der Waals surface area contributed by atoms with Crippen LogP contribution in [0.15, 0.2) is 41.3 Å². The minimum Gasteiger partial charge on any atom is -0.496 e. The zero-order valence-corrected chi connectivity index (χ0v) is 18.7. The monoisotopic (exact) mass is 436 g/mol. The fourth-order valence-electron chi connectivity index (χ4n) is 3.03. The lowest BCUT2D eigenvalue weighted by molar-refractivity contribution is -0.121.